The number of hydrogen-bond acceptors (Lipinski definition) is 6. The maximum absolute atomic E-state index is 7.23. The summed E-state index contributed by atoms with van der Waals surface area (Å²) in [6.45, 7) is 8.91. The number of aromatic nitrogens is 4. The van der Waals surface area contributed by atoms with Gasteiger partial charge in [-0.1, -0.05) is 79.1 Å². The number of aryl methyl sites for hydroxylation is 4. The fourth-order valence-electron chi connectivity index (χ4n) is 4.51. The maximum atomic E-state index is 7.23. The van der Waals surface area contributed by atoms with Crippen LogP contribution in [-0.2, 0) is 68.0 Å². The first-order valence-electron chi connectivity index (χ1n) is 18.2. The molecular formula is C42H64MnN6S2+5. The molecule has 0 saturated carbocycles. The molecule has 4 rings (SSSR count). The Labute approximate surface area is 332 Å². The molecule has 0 N–H and O–H groups in total. The standard InChI is InChI=1S/4C10H15N.2CHNS.Mn/c4*1-2-3-4-5-10-6-8-11-9-7-10;2*2-1-3;/h4*6-9H,2-5H2,1H3;2*3H;/q;;;;;;+3/p+2. The number of thiocyanates is 2. The largest absolute Gasteiger partial charge is 3.00 e. The van der Waals surface area contributed by atoms with Crippen molar-refractivity contribution in [1.82, 2.24) is 19.9 Å². The second-order valence-electron chi connectivity index (χ2n) is 11.5. The zero-order valence-corrected chi connectivity index (χ0v) is 34.8. The number of unbranched alkanes of at least 4 members (excludes halogenated alkanes) is 8. The Morgan fingerprint density at radius 3 is 0.686 bits per heavy atom. The summed E-state index contributed by atoms with van der Waals surface area (Å²) < 4.78 is 0. The van der Waals surface area contributed by atoms with Crippen molar-refractivity contribution in [2.24, 2.45) is 0 Å². The van der Waals surface area contributed by atoms with Gasteiger partial charge in [0.2, 0.25) is 0 Å². The molecule has 0 atom stereocenters. The van der Waals surface area contributed by atoms with Crippen LogP contribution in [0.5, 0.6) is 0 Å². The Kier molecular flexibility index (Phi) is 45.8. The third-order valence-electron chi connectivity index (χ3n) is 7.27. The van der Waals surface area contributed by atoms with Gasteiger partial charge >= 0.3 is 27.9 Å². The van der Waals surface area contributed by atoms with Crippen LogP contribution in [0.2, 0.25) is 0 Å². The van der Waals surface area contributed by atoms with E-state index in [1.54, 1.807) is 10.8 Å². The van der Waals surface area contributed by atoms with Gasteiger partial charge in [-0.15, -0.1) is 10.5 Å². The van der Waals surface area contributed by atoms with Crippen LogP contribution in [0.3, 0.4) is 0 Å². The summed E-state index contributed by atoms with van der Waals surface area (Å²) >= 11 is 4.98. The van der Waals surface area contributed by atoms with Crippen molar-refractivity contribution >= 4 is 25.3 Å². The SMILES string of the molecule is CCCCCc1ccncc1.CCCCCc1ccncc1.CCCCCc1ccncc1.CCCCCc1ccncc1.N#C[SH2+].N#C[SH2+].[Mn+3]. The van der Waals surface area contributed by atoms with Crippen LogP contribution in [0.25, 0.3) is 0 Å². The van der Waals surface area contributed by atoms with Crippen LogP contribution in [0.15, 0.2) is 98.1 Å². The molecule has 4 aromatic heterocycles. The zero-order chi connectivity index (χ0) is 37.2. The van der Waals surface area contributed by atoms with Gasteiger partial charge in [-0.2, -0.15) is 0 Å². The van der Waals surface area contributed by atoms with Gasteiger partial charge < -0.3 is 0 Å². The summed E-state index contributed by atoms with van der Waals surface area (Å²) in [5.41, 5.74) is 5.64. The van der Waals surface area contributed by atoms with Gasteiger partial charge in [0, 0.05) is 49.6 Å². The van der Waals surface area contributed by atoms with Gasteiger partial charge in [-0.3, -0.25) is 19.9 Å². The van der Waals surface area contributed by atoms with Crippen LogP contribution in [0.1, 0.15) is 127 Å². The van der Waals surface area contributed by atoms with Crippen molar-refractivity contribution in [1.29, 1.82) is 10.5 Å². The Morgan fingerprint density at radius 2 is 0.549 bits per heavy atom. The molecule has 0 aliphatic carbocycles. The van der Waals surface area contributed by atoms with E-state index in [1.807, 2.05) is 49.6 Å². The Balaban J connectivity index is -0.000000568. The fraction of sp³-hybridized carbons (Fsp3) is 0.476. The van der Waals surface area contributed by atoms with E-state index in [0.717, 1.165) is 0 Å². The monoisotopic (exact) mass is 771 g/mol. The van der Waals surface area contributed by atoms with E-state index in [9.17, 15) is 0 Å². The fourth-order valence-corrected chi connectivity index (χ4v) is 4.51. The molecule has 0 saturated heterocycles. The molecule has 0 aliphatic rings. The molecule has 0 spiro atoms. The van der Waals surface area contributed by atoms with E-state index in [-0.39, 0.29) is 17.1 Å². The second-order valence-corrected chi connectivity index (χ2v) is 11.9. The minimum absolute atomic E-state index is 0. The maximum Gasteiger partial charge on any atom is 3.00 e. The molecule has 4 heterocycles. The number of nitriles is 2. The summed E-state index contributed by atoms with van der Waals surface area (Å²) in [6, 6.07) is 16.7. The number of nitrogens with zero attached hydrogens (tertiary/aromatic N) is 6. The predicted molar refractivity (Wildman–Crippen MR) is 221 cm³/mol. The molecule has 9 heteroatoms. The quantitative estimate of drug-likeness (QED) is 0.0487. The minimum Gasteiger partial charge on any atom is -0.265 e. The van der Waals surface area contributed by atoms with Crippen LogP contribution < -0.4 is 0 Å². The van der Waals surface area contributed by atoms with E-state index in [2.05, 4.69) is 121 Å². The average Bonchev–Trinajstić information content (AvgIpc) is 3.15. The first-order valence-corrected chi connectivity index (χ1v) is 19.2. The molecule has 0 aliphatic heterocycles. The summed E-state index contributed by atoms with van der Waals surface area (Å²) in [5, 5.41) is 17.6. The first kappa shape index (κ1) is 52.2. The smallest absolute Gasteiger partial charge is 0.265 e. The van der Waals surface area contributed by atoms with E-state index < -0.39 is 0 Å². The Hall–Kier alpha value is -3.20. The normalized spacial score (nSPS) is 8.86. The van der Waals surface area contributed by atoms with Crippen molar-refractivity contribution < 1.29 is 17.1 Å². The van der Waals surface area contributed by atoms with Gasteiger partial charge in [0.05, 0.1) is 25.3 Å². The van der Waals surface area contributed by atoms with Crippen LogP contribution in [0.4, 0.5) is 0 Å². The second kappa shape index (κ2) is 44.8. The molecule has 6 nitrogen and oxygen atoms in total. The van der Waals surface area contributed by atoms with E-state index in [1.165, 1.54) is 125 Å². The number of pyridine rings is 4. The van der Waals surface area contributed by atoms with Gasteiger partial charge in [-0.25, -0.2) is 0 Å². The Bertz CT molecular complexity index is 1100. The minimum atomic E-state index is 0. The van der Waals surface area contributed by atoms with Crippen LogP contribution in [0, 0.1) is 21.3 Å². The average molecular weight is 772 g/mol. The molecule has 0 radical (unpaired) electrons. The molecule has 4 aromatic rings. The number of rotatable bonds is 16. The van der Waals surface area contributed by atoms with Crippen molar-refractivity contribution in [3.63, 3.8) is 0 Å². The van der Waals surface area contributed by atoms with E-state index >= 15 is 0 Å². The van der Waals surface area contributed by atoms with E-state index in [4.69, 9.17) is 10.5 Å². The zero-order valence-electron chi connectivity index (χ0n) is 31.6. The topological polar surface area (TPSA) is 99.1 Å². The molecule has 0 unspecified atom stereocenters. The third-order valence-corrected chi connectivity index (χ3v) is 7.27. The van der Waals surface area contributed by atoms with Crippen molar-refractivity contribution in [2.75, 3.05) is 0 Å². The summed E-state index contributed by atoms with van der Waals surface area (Å²) in [6.07, 6.45) is 35.5. The summed E-state index contributed by atoms with van der Waals surface area (Å²) in [5.74, 6) is 0. The molecular weight excluding hydrogens is 708 g/mol. The van der Waals surface area contributed by atoms with Gasteiger partial charge in [-0.05, 0) is 122 Å². The molecule has 0 aromatic carbocycles. The van der Waals surface area contributed by atoms with E-state index in [0.29, 0.717) is 0 Å². The molecule has 276 valence electrons. The van der Waals surface area contributed by atoms with Gasteiger partial charge in [0.25, 0.3) is 0 Å². The summed E-state index contributed by atoms with van der Waals surface area (Å²) in [4.78, 5) is 15.9. The summed E-state index contributed by atoms with van der Waals surface area (Å²) in [7, 11) is 0. The van der Waals surface area contributed by atoms with Crippen LogP contribution in [-0.4, -0.2) is 19.9 Å². The third kappa shape index (κ3) is 39.4. The predicted octanol–water partition coefficient (Wildman–Crippen LogP) is 10.2. The van der Waals surface area contributed by atoms with Crippen molar-refractivity contribution in [3.05, 3.63) is 120 Å². The first-order chi connectivity index (χ1) is 24.6. The van der Waals surface area contributed by atoms with Crippen molar-refractivity contribution in [2.45, 2.75) is 130 Å². The molecule has 0 fully saturated rings. The Morgan fingerprint density at radius 1 is 0.392 bits per heavy atom. The molecule has 0 amide bonds. The molecule has 51 heavy (non-hydrogen) atoms. The van der Waals surface area contributed by atoms with Gasteiger partial charge in [0.15, 0.2) is 0 Å². The van der Waals surface area contributed by atoms with Gasteiger partial charge in [0.1, 0.15) is 0 Å². The molecule has 0 bridgehead atoms. The number of hydrogen-bond donors (Lipinski definition) is 0. The van der Waals surface area contributed by atoms with Crippen molar-refractivity contribution in [3.8, 4) is 10.8 Å². The van der Waals surface area contributed by atoms with Crippen LogP contribution >= 0.6 is 0 Å².